The first-order chi connectivity index (χ1) is 9.14. The fourth-order valence-electron chi connectivity index (χ4n) is 1.47. The molecule has 3 N–H and O–H groups in total. The third-order valence-corrected chi connectivity index (χ3v) is 4.93. The van der Waals surface area contributed by atoms with Gasteiger partial charge in [-0.25, -0.2) is 0 Å². The fraction of sp³-hybridized carbons (Fsp3) is 0.538. The van der Waals surface area contributed by atoms with Gasteiger partial charge in [-0.1, -0.05) is 11.8 Å². The standard InChI is InChI=1S/C13H21N3O2S2/c1-13(2,3)15-20(17,18)16(4)9-11-8-12(19-10-11)6-5-7-14/h8,10,15H,7,9,14H2,1-4H3. The minimum absolute atomic E-state index is 0.312. The zero-order valence-electron chi connectivity index (χ0n) is 12.2. The molecule has 112 valence electrons. The lowest BCUT2D eigenvalue weighted by atomic mass is 10.1. The highest BCUT2D eigenvalue weighted by molar-refractivity contribution is 7.87. The van der Waals surface area contributed by atoms with E-state index in [9.17, 15) is 8.42 Å². The van der Waals surface area contributed by atoms with Crippen molar-refractivity contribution >= 4 is 21.5 Å². The van der Waals surface area contributed by atoms with Gasteiger partial charge in [-0.2, -0.15) is 17.4 Å². The van der Waals surface area contributed by atoms with Crippen molar-refractivity contribution in [1.29, 1.82) is 0 Å². The summed E-state index contributed by atoms with van der Waals surface area (Å²) in [5.41, 5.74) is 5.73. The van der Waals surface area contributed by atoms with Crippen molar-refractivity contribution < 1.29 is 8.42 Å². The summed E-state index contributed by atoms with van der Waals surface area (Å²) in [4.78, 5) is 0.889. The lowest BCUT2D eigenvalue weighted by Crippen LogP contribution is -2.47. The molecule has 0 amide bonds. The Morgan fingerprint density at radius 2 is 2.10 bits per heavy atom. The second kappa shape index (κ2) is 6.70. The van der Waals surface area contributed by atoms with E-state index < -0.39 is 15.7 Å². The maximum Gasteiger partial charge on any atom is 0.279 e. The Morgan fingerprint density at radius 3 is 2.65 bits per heavy atom. The van der Waals surface area contributed by atoms with Crippen LogP contribution in [0.3, 0.4) is 0 Å². The zero-order valence-corrected chi connectivity index (χ0v) is 13.9. The number of rotatable bonds is 4. The van der Waals surface area contributed by atoms with Crippen molar-refractivity contribution in [2.45, 2.75) is 32.9 Å². The highest BCUT2D eigenvalue weighted by Crippen LogP contribution is 2.16. The van der Waals surface area contributed by atoms with Crippen molar-refractivity contribution in [2.75, 3.05) is 13.6 Å². The number of nitrogens with zero attached hydrogens (tertiary/aromatic N) is 1. The van der Waals surface area contributed by atoms with E-state index >= 15 is 0 Å². The summed E-state index contributed by atoms with van der Waals surface area (Å²) >= 11 is 1.48. The quantitative estimate of drug-likeness (QED) is 0.818. The topological polar surface area (TPSA) is 75.4 Å². The molecule has 0 saturated heterocycles. The number of thiophene rings is 1. The number of nitrogens with two attached hydrogens (primary N) is 1. The molecule has 5 nitrogen and oxygen atoms in total. The molecule has 1 rings (SSSR count). The van der Waals surface area contributed by atoms with Crippen LogP contribution < -0.4 is 10.5 Å². The van der Waals surface area contributed by atoms with Gasteiger partial charge >= 0.3 is 0 Å². The molecule has 1 aromatic heterocycles. The Labute approximate surface area is 125 Å². The van der Waals surface area contributed by atoms with Gasteiger partial charge in [-0.3, -0.25) is 0 Å². The molecule has 7 heteroatoms. The normalized spacial score (nSPS) is 12.3. The molecule has 0 fully saturated rings. The Hall–Kier alpha value is -0.910. The molecule has 0 aliphatic carbocycles. The van der Waals surface area contributed by atoms with Gasteiger partial charge in [-0.05, 0) is 37.8 Å². The van der Waals surface area contributed by atoms with E-state index in [-0.39, 0.29) is 0 Å². The van der Waals surface area contributed by atoms with Gasteiger partial charge < -0.3 is 5.73 Å². The Balaban J connectivity index is 2.75. The largest absolute Gasteiger partial charge is 0.320 e. The minimum Gasteiger partial charge on any atom is -0.320 e. The molecule has 0 spiro atoms. The summed E-state index contributed by atoms with van der Waals surface area (Å²) in [6, 6.07) is 1.89. The second-order valence-corrected chi connectivity index (χ2v) is 8.13. The van der Waals surface area contributed by atoms with Crippen molar-refractivity contribution in [2.24, 2.45) is 5.73 Å². The van der Waals surface area contributed by atoms with Crippen LogP contribution in [-0.4, -0.2) is 31.9 Å². The Bertz CT molecular complexity index is 604. The van der Waals surface area contributed by atoms with Crippen molar-refractivity contribution in [3.63, 3.8) is 0 Å². The average Bonchev–Trinajstić information content (AvgIpc) is 2.70. The monoisotopic (exact) mass is 315 g/mol. The maximum absolute atomic E-state index is 12.1. The van der Waals surface area contributed by atoms with Gasteiger partial charge in [0.2, 0.25) is 0 Å². The third-order valence-electron chi connectivity index (χ3n) is 2.22. The summed E-state index contributed by atoms with van der Waals surface area (Å²) in [6.07, 6.45) is 0. The third kappa shape index (κ3) is 5.61. The number of hydrogen-bond acceptors (Lipinski definition) is 4. The van der Waals surface area contributed by atoms with E-state index in [0.29, 0.717) is 13.1 Å². The van der Waals surface area contributed by atoms with Gasteiger partial charge in [0.25, 0.3) is 10.2 Å². The summed E-state index contributed by atoms with van der Waals surface area (Å²) in [5, 5.41) is 1.91. The van der Waals surface area contributed by atoms with Crippen LogP contribution >= 0.6 is 11.3 Å². The van der Waals surface area contributed by atoms with E-state index in [0.717, 1.165) is 10.4 Å². The van der Waals surface area contributed by atoms with Crippen LogP contribution in [0.4, 0.5) is 0 Å². The molecule has 0 saturated carbocycles. The highest BCUT2D eigenvalue weighted by Gasteiger charge is 2.24. The lowest BCUT2D eigenvalue weighted by Gasteiger charge is -2.25. The summed E-state index contributed by atoms with van der Waals surface area (Å²) in [5.74, 6) is 5.71. The van der Waals surface area contributed by atoms with Gasteiger partial charge in [0, 0.05) is 19.1 Å². The molecule has 0 atom stereocenters. The molecular formula is C13H21N3O2S2. The first-order valence-electron chi connectivity index (χ1n) is 6.15. The van der Waals surface area contributed by atoms with Crippen LogP contribution in [-0.2, 0) is 16.8 Å². The molecule has 0 aliphatic heterocycles. The molecule has 1 aromatic rings. The van der Waals surface area contributed by atoms with E-state index in [1.54, 1.807) is 7.05 Å². The molecule has 20 heavy (non-hydrogen) atoms. The van der Waals surface area contributed by atoms with Gasteiger partial charge in [0.1, 0.15) is 0 Å². The van der Waals surface area contributed by atoms with E-state index in [4.69, 9.17) is 5.73 Å². The van der Waals surface area contributed by atoms with Crippen LogP contribution in [0.5, 0.6) is 0 Å². The smallest absolute Gasteiger partial charge is 0.279 e. The molecule has 0 aromatic carbocycles. The highest BCUT2D eigenvalue weighted by atomic mass is 32.2. The van der Waals surface area contributed by atoms with Crippen LogP contribution in [0, 0.1) is 11.8 Å². The SMILES string of the molecule is CN(Cc1csc(C#CCN)c1)S(=O)(=O)NC(C)(C)C. The molecule has 1 heterocycles. The van der Waals surface area contributed by atoms with Crippen LogP contribution in [0.25, 0.3) is 0 Å². The van der Waals surface area contributed by atoms with Crippen molar-refractivity contribution in [1.82, 2.24) is 9.03 Å². The molecule has 0 unspecified atom stereocenters. The molecule has 0 radical (unpaired) electrons. The summed E-state index contributed by atoms with van der Waals surface area (Å²) in [6.45, 7) is 6.06. The predicted molar refractivity (Wildman–Crippen MR) is 83.5 cm³/mol. The first kappa shape index (κ1) is 17.1. The molecular weight excluding hydrogens is 294 g/mol. The Kier molecular flexibility index (Phi) is 5.74. The summed E-state index contributed by atoms with van der Waals surface area (Å²) in [7, 11) is -1.94. The number of hydrogen-bond donors (Lipinski definition) is 2. The molecule has 0 aliphatic rings. The van der Waals surface area contributed by atoms with Gasteiger partial charge in [0.15, 0.2) is 0 Å². The zero-order chi connectivity index (χ0) is 15.4. The molecule has 0 bridgehead atoms. The van der Waals surface area contributed by atoms with E-state index in [1.807, 2.05) is 32.2 Å². The summed E-state index contributed by atoms with van der Waals surface area (Å²) < 4.78 is 28.1. The van der Waals surface area contributed by atoms with Gasteiger partial charge in [0.05, 0.1) is 11.4 Å². The average molecular weight is 315 g/mol. The first-order valence-corrected chi connectivity index (χ1v) is 8.47. The van der Waals surface area contributed by atoms with Crippen LogP contribution in [0.2, 0.25) is 0 Å². The maximum atomic E-state index is 12.1. The van der Waals surface area contributed by atoms with Crippen molar-refractivity contribution in [3.8, 4) is 11.8 Å². The van der Waals surface area contributed by atoms with E-state index in [1.165, 1.54) is 15.6 Å². The van der Waals surface area contributed by atoms with Crippen LogP contribution in [0.1, 0.15) is 31.2 Å². The lowest BCUT2D eigenvalue weighted by molar-refractivity contribution is 0.421. The Morgan fingerprint density at radius 1 is 1.45 bits per heavy atom. The van der Waals surface area contributed by atoms with E-state index in [2.05, 4.69) is 16.6 Å². The van der Waals surface area contributed by atoms with Gasteiger partial charge in [-0.15, -0.1) is 11.3 Å². The predicted octanol–water partition coefficient (Wildman–Crippen LogP) is 1.12. The van der Waals surface area contributed by atoms with Crippen LogP contribution in [0.15, 0.2) is 11.4 Å². The minimum atomic E-state index is -3.49. The fourth-order valence-corrected chi connectivity index (χ4v) is 3.49. The second-order valence-electron chi connectivity index (χ2n) is 5.44. The van der Waals surface area contributed by atoms with Crippen molar-refractivity contribution in [3.05, 3.63) is 21.9 Å². The number of nitrogens with one attached hydrogen (secondary N) is 1.